The van der Waals surface area contributed by atoms with Crippen LogP contribution < -0.4 is 10.2 Å². The standard InChI is InChI=1S/C25H23ClFN3O2S/c1-4-15(13-28-21(32)5-2)30(3)25-19-12-20(26)22(23(27)24(19)29-33-25)18-11-16(31)10-14-8-6-7-9-17(14)18/h5-12,15,31H,2,4,13H2,1,3H3,(H,28,32). The zero-order valence-corrected chi connectivity index (χ0v) is 19.8. The van der Waals surface area contributed by atoms with Crippen LogP contribution in [0.4, 0.5) is 9.39 Å². The molecule has 0 aliphatic rings. The van der Waals surface area contributed by atoms with Crippen molar-refractivity contribution in [1.29, 1.82) is 0 Å². The van der Waals surface area contributed by atoms with Gasteiger partial charge in [0.1, 0.15) is 16.3 Å². The van der Waals surface area contributed by atoms with Gasteiger partial charge in [-0.05, 0) is 58.6 Å². The Morgan fingerprint density at radius 1 is 1.33 bits per heavy atom. The maximum Gasteiger partial charge on any atom is 0.243 e. The first-order valence-electron chi connectivity index (χ1n) is 10.5. The van der Waals surface area contributed by atoms with Gasteiger partial charge in [0.25, 0.3) is 0 Å². The van der Waals surface area contributed by atoms with E-state index in [2.05, 4.69) is 16.3 Å². The molecule has 1 aromatic heterocycles. The summed E-state index contributed by atoms with van der Waals surface area (Å²) >= 11 is 7.82. The molecule has 0 radical (unpaired) electrons. The fourth-order valence-corrected chi connectivity index (χ4v) is 5.20. The first-order chi connectivity index (χ1) is 15.8. The maximum absolute atomic E-state index is 15.8. The third-order valence-electron chi connectivity index (χ3n) is 5.80. The number of nitrogens with one attached hydrogen (secondary N) is 1. The van der Waals surface area contributed by atoms with Gasteiger partial charge in [-0.25, -0.2) is 4.39 Å². The number of anilines is 1. The van der Waals surface area contributed by atoms with Gasteiger partial charge >= 0.3 is 0 Å². The van der Waals surface area contributed by atoms with Crippen LogP contribution in [0, 0.1) is 5.82 Å². The molecule has 4 rings (SSSR count). The molecule has 1 amide bonds. The number of halogens is 2. The van der Waals surface area contributed by atoms with Crippen molar-refractivity contribution in [3.05, 3.63) is 66.0 Å². The molecule has 8 heteroatoms. The van der Waals surface area contributed by atoms with Crippen molar-refractivity contribution in [3.63, 3.8) is 0 Å². The van der Waals surface area contributed by atoms with E-state index in [0.717, 1.165) is 22.2 Å². The van der Waals surface area contributed by atoms with Crippen LogP contribution in [0.2, 0.25) is 5.02 Å². The molecule has 2 N–H and O–H groups in total. The number of hydrogen-bond donors (Lipinski definition) is 2. The molecule has 0 saturated heterocycles. The number of rotatable bonds is 7. The molecule has 0 spiro atoms. The van der Waals surface area contributed by atoms with Gasteiger partial charge in [-0.15, -0.1) is 0 Å². The average Bonchev–Trinajstić information content (AvgIpc) is 3.22. The van der Waals surface area contributed by atoms with Crippen molar-refractivity contribution in [2.45, 2.75) is 19.4 Å². The minimum atomic E-state index is -0.530. The van der Waals surface area contributed by atoms with Gasteiger partial charge in [0.2, 0.25) is 5.91 Å². The van der Waals surface area contributed by atoms with E-state index in [4.69, 9.17) is 11.6 Å². The van der Waals surface area contributed by atoms with Crippen LogP contribution in [-0.4, -0.2) is 35.0 Å². The second-order valence-corrected chi connectivity index (χ2v) is 8.93. The Hall–Kier alpha value is -3.16. The van der Waals surface area contributed by atoms with Crippen LogP contribution in [0.5, 0.6) is 5.75 Å². The summed E-state index contributed by atoms with van der Waals surface area (Å²) in [5, 5.41) is 16.2. The zero-order chi connectivity index (χ0) is 23.7. The third kappa shape index (κ3) is 4.26. The summed E-state index contributed by atoms with van der Waals surface area (Å²) in [5.41, 5.74) is 0.941. The van der Waals surface area contributed by atoms with Crippen molar-refractivity contribution in [1.82, 2.24) is 9.69 Å². The lowest BCUT2D eigenvalue weighted by Gasteiger charge is -2.28. The number of aromatic hydroxyl groups is 1. The fraction of sp³-hybridized carbons (Fsp3) is 0.200. The summed E-state index contributed by atoms with van der Waals surface area (Å²) in [6.45, 7) is 5.91. The average molecular weight is 484 g/mol. The van der Waals surface area contributed by atoms with Crippen LogP contribution >= 0.6 is 23.1 Å². The van der Waals surface area contributed by atoms with E-state index in [0.29, 0.717) is 17.5 Å². The Balaban J connectivity index is 1.81. The lowest BCUT2D eigenvalue weighted by molar-refractivity contribution is -0.116. The lowest BCUT2D eigenvalue weighted by Crippen LogP contribution is -2.41. The molecule has 0 bridgehead atoms. The fourth-order valence-electron chi connectivity index (χ4n) is 4.01. The maximum atomic E-state index is 15.8. The van der Waals surface area contributed by atoms with E-state index in [-0.39, 0.29) is 33.8 Å². The Morgan fingerprint density at radius 3 is 2.82 bits per heavy atom. The molecule has 0 aliphatic heterocycles. The first kappa shape index (κ1) is 23.0. The van der Waals surface area contributed by atoms with E-state index in [1.165, 1.54) is 23.7 Å². The van der Waals surface area contributed by atoms with Gasteiger partial charge in [0, 0.05) is 30.6 Å². The highest BCUT2D eigenvalue weighted by Gasteiger charge is 2.24. The summed E-state index contributed by atoms with van der Waals surface area (Å²) in [5.74, 6) is -0.740. The molecule has 1 heterocycles. The first-order valence-corrected chi connectivity index (χ1v) is 11.6. The number of carbonyl (C=O) groups excluding carboxylic acids is 1. The normalized spacial score (nSPS) is 12.1. The SMILES string of the molecule is C=CC(=O)NCC(CC)N(C)c1snc2c(F)c(-c3cc(O)cc4ccccc34)c(Cl)cc12. The van der Waals surface area contributed by atoms with E-state index < -0.39 is 5.82 Å². The smallest absolute Gasteiger partial charge is 0.243 e. The molecule has 0 fully saturated rings. The van der Waals surface area contributed by atoms with Crippen molar-refractivity contribution in [2.24, 2.45) is 0 Å². The number of carbonyl (C=O) groups is 1. The highest BCUT2D eigenvalue weighted by molar-refractivity contribution is 7.11. The molecule has 3 aromatic carbocycles. The number of nitrogens with zero attached hydrogens (tertiary/aromatic N) is 2. The second-order valence-electron chi connectivity index (χ2n) is 7.77. The molecule has 0 aliphatic carbocycles. The van der Waals surface area contributed by atoms with Crippen LogP contribution in [-0.2, 0) is 4.79 Å². The monoisotopic (exact) mass is 483 g/mol. The van der Waals surface area contributed by atoms with Gasteiger partial charge in [-0.2, -0.15) is 4.37 Å². The number of phenolic OH excluding ortho intramolecular Hbond substituents is 1. The molecule has 1 unspecified atom stereocenters. The molecule has 170 valence electrons. The summed E-state index contributed by atoms with van der Waals surface area (Å²) in [6.07, 6.45) is 1.99. The molecule has 33 heavy (non-hydrogen) atoms. The second kappa shape index (κ2) is 9.37. The Kier molecular flexibility index (Phi) is 6.54. The highest BCUT2D eigenvalue weighted by Crippen LogP contribution is 2.43. The minimum absolute atomic E-state index is 0.0194. The number of hydrogen-bond acceptors (Lipinski definition) is 5. The number of fused-ring (bicyclic) bond motifs is 2. The summed E-state index contributed by atoms with van der Waals surface area (Å²) in [4.78, 5) is 13.6. The van der Waals surface area contributed by atoms with Crippen molar-refractivity contribution in [2.75, 3.05) is 18.5 Å². The largest absolute Gasteiger partial charge is 0.508 e. The zero-order valence-electron chi connectivity index (χ0n) is 18.2. The third-order valence-corrected chi connectivity index (χ3v) is 7.05. The Morgan fingerprint density at radius 2 is 2.09 bits per heavy atom. The number of phenols is 1. The number of amides is 1. The van der Waals surface area contributed by atoms with Gasteiger partial charge in [-0.1, -0.05) is 49.4 Å². The van der Waals surface area contributed by atoms with Crippen molar-refractivity contribution < 1.29 is 14.3 Å². The van der Waals surface area contributed by atoms with Crippen molar-refractivity contribution >= 4 is 55.7 Å². The topological polar surface area (TPSA) is 65.5 Å². The summed E-state index contributed by atoms with van der Waals surface area (Å²) in [6, 6.07) is 12.3. The van der Waals surface area contributed by atoms with Crippen LogP contribution in [0.3, 0.4) is 0 Å². The van der Waals surface area contributed by atoms with E-state index >= 15 is 4.39 Å². The van der Waals surface area contributed by atoms with E-state index in [1.807, 2.05) is 43.1 Å². The van der Waals surface area contributed by atoms with Crippen molar-refractivity contribution in [3.8, 4) is 16.9 Å². The van der Waals surface area contributed by atoms with Gasteiger partial charge in [0.15, 0.2) is 5.82 Å². The highest BCUT2D eigenvalue weighted by atomic mass is 35.5. The van der Waals surface area contributed by atoms with Crippen LogP contribution in [0.25, 0.3) is 32.8 Å². The van der Waals surface area contributed by atoms with Gasteiger partial charge in [0.05, 0.1) is 5.02 Å². The molecular weight excluding hydrogens is 461 g/mol. The predicted octanol–water partition coefficient (Wildman–Crippen LogP) is 6.13. The number of likely N-dealkylation sites (N-methyl/N-ethyl adjacent to an activating group) is 1. The van der Waals surface area contributed by atoms with E-state index in [9.17, 15) is 9.90 Å². The molecular formula is C25H23ClFN3O2S. The number of benzene rings is 3. The quantitative estimate of drug-likeness (QED) is 0.310. The Bertz CT molecular complexity index is 1370. The molecule has 1 atom stereocenters. The number of aromatic nitrogens is 1. The van der Waals surface area contributed by atoms with Crippen LogP contribution in [0.15, 0.2) is 55.1 Å². The molecule has 5 nitrogen and oxygen atoms in total. The summed E-state index contributed by atoms with van der Waals surface area (Å²) < 4.78 is 20.2. The van der Waals surface area contributed by atoms with Gasteiger partial charge in [-0.3, -0.25) is 4.79 Å². The van der Waals surface area contributed by atoms with Crippen LogP contribution in [0.1, 0.15) is 13.3 Å². The molecule has 4 aromatic rings. The summed E-state index contributed by atoms with van der Waals surface area (Å²) in [7, 11) is 1.89. The van der Waals surface area contributed by atoms with Gasteiger partial charge < -0.3 is 15.3 Å². The molecule has 0 saturated carbocycles. The minimum Gasteiger partial charge on any atom is -0.508 e. The Labute approximate surface area is 200 Å². The van der Waals surface area contributed by atoms with E-state index in [1.54, 1.807) is 12.1 Å². The lowest BCUT2D eigenvalue weighted by atomic mass is 9.96. The predicted molar refractivity (Wildman–Crippen MR) is 135 cm³/mol.